The molecule has 1 unspecified atom stereocenters. The molecule has 0 aliphatic carbocycles. The molecule has 110 valence electrons. The van der Waals surface area contributed by atoms with E-state index in [9.17, 15) is 9.59 Å². The number of hydrogen-bond acceptors (Lipinski definition) is 2. The molecule has 0 fully saturated rings. The molecular formula is C16H23NO3. The van der Waals surface area contributed by atoms with Crippen molar-refractivity contribution in [3.8, 4) is 0 Å². The van der Waals surface area contributed by atoms with Crippen LogP contribution in [-0.4, -0.2) is 23.5 Å². The fourth-order valence-corrected chi connectivity index (χ4v) is 2.26. The lowest BCUT2D eigenvalue weighted by molar-refractivity contribution is -0.142. The molecule has 1 amide bonds. The lowest BCUT2D eigenvalue weighted by Gasteiger charge is -2.15. The number of aryl methyl sites for hydroxylation is 2. The van der Waals surface area contributed by atoms with E-state index in [1.807, 2.05) is 33.8 Å². The van der Waals surface area contributed by atoms with Crippen molar-refractivity contribution in [2.75, 3.05) is 6.54 Å². The van der Waals surface area contributed by atoms with Crippen LogP contribution in [0.1, 0.15) is 41.8 Å². The Labute approximate surface area is 120 Å². The summed E-state index contributed by atoms with van der Waals surface area (Å²) in [5.41, 5.74) is 2.62. The van der Waals surface area contributed by atoms with Crippen molar-refractivity contribution in [1.82, 2.24) is 5.32 Å². The quantitative estimate of drug-likeness (QED) is 0.840. The topological polar surface area (TPSA) is 66.4 Å². The first-order chi connectivity index (χ1) is 9.29. The summed E-state index contributed by atoms with van der Waals surface area (Å²) in [6.07, 6.45) is 0.558. The summed E-state index contributed by atoms with van der Waals surface area (Å²) in [5.74, 6) is -1.33. The number of carboxylic acids is 1. The van der Waals surface area contributed by atoms with Gasteiger partial charge in [0.15, 0.2) is 0 Å². The molecular weight excluding hydrogens is 254 g/mol. The first-order valence-corrected chi connectivity index (χ1v) is 6.89. The van der Waals surface area contributed by atoms with Crippen LogP contribution in [0, 0.1) is 25.7 Å². The van der Waals surface area contributed by atoms with Gasteiger partial charge in [-0.3, -0.25) is 9.59 Å². The zero-order chi connectivity index (χ0) is 15.3. The molecule has 0 aliphatic rings. The zero-order valence-corrected chi connectivity index (χ0v) is 12.6. The van der Waals surface area contributed by atoms with E-state index in [1.54, 1.807) is 12.1 Å². The minimum Gasteiger partial charge on any atom is -0.481 e. The summed E-state index contributed by atoms with van der Waals surface area (Å²) in [6.45, 7) is 7.98. The molecule has 1 rings (SSSR count). The molecule has 0 aromatic heterocycles. The molecule has 0 saturated carbocycles. The van der Waals surface area contributed by atoms with Gasteiger partial charge in [-0.05, 0) is 38.3 Å². The third-order valence-electron chi connectivity index (χ3n) is 3.10. The second-order valence-corrected chi connectivity index (χ2v) is 5.75. The van der Waals surface area contributed by atoms with Gasteiger partial charge in [0.2, 0.25) is 0 Å². The van der Waals surface area contributed by atoms with Crippen LogP contribution in [0.2, 0.25) is 0 Å². The Morgan fingerprint density at radius 2 is 1.70 bits per heavy atom. The molecule has 0 bridgehead atoms. The summed E-state index contributed by atoms with van der Waals surface area (Å²) >= 11 is 0. The molecule has 1 atom stereocenters. The number of aliphatic carboxylic acids is 1. The van der Waals surface area contributed by atoms with E-state index >= 15 is 0 Å². The van der Waals surface area contributed by atoms with Crippen molar-refractivity contribution in [3.05, 3.63) is 34.9 Å². The Hall–Kier alpha value is -1.84. The van der Waals surface area contributed by atoms with E-state index in [1.165, 1.54) is 0 Å². The number of carbonyl (C=O) groups is 2. The minimum absolute atomic E-state index is 0.166. The van der Waals surface area contributed by atoms with Gasteiger partial charge in [0.05, 0.1) is 5.92 Å². The Balaban J connectivity index is 2.67. The molecule has 0 aliphatic heterocycles. The van der Waals surface area contributed by atoms with Gasteiger partial charge in [-0.15, -0.1) is 0 Å². The molecule has 1 aromatic rings. The zero-order valence-electron chi connectivity index (χ0n) is 12.6. The minimum atomic E-state index is -0.862. The number of benzene rings is 1. The highest BCUT2D eigenvalue weighted by molar-refractivity contribution is 5.94. The number of carbonyl (C=O) groups excluding carboxylic acids is 1. The average molecular weight is 277 g/mol. The molecule has 4 nitrogen and oxygen atoms in total. The second kappa shape index (κ2) is 7.08. The molecule has 0 heterocycles. The Morgan fingerprint density at radius 3 is 2.15 bits per heavy atom. The number of amides is 1. The average Bonchev–Trinajstić information content (AvgIpc) is 2.32. The van der Waals surface area contributed by atoms with Crippen LogP contribution in [0.3, 0.4) is 0 Å². The molecule has 20 heavy (non-hydrogen) atoms. The van der Waals surface area contributed by atoms with Gasteiger partial charge in [-0.1, -0.05) is 31.0 Å². The van der Waals surface area contributed by atoms with Gasteiger partial charge in [0.25, 0.3) is 5.91 Å². The van der Waals surface area contributed by atoms with Gasteiger partial charge in [-0.2, -0.15) is 0 Å². The van der Waals surface area contributed by atoms with Crippen molar-refractivity contribution < 1.29 is 14.7 Å². The van der Waals surface area contributed by atoms with Crippen molar-refractivity contribution in [2.24, 2.45) is 11.8 Å². The maximum atomic E-state index is 12.1. The van der Waals surface area contributed by atoms with Crippen LogP contribution in [0.25, 0.3) is 0 Å². The third kappa shape index (κ3) is 5.03. The van der Waals surface area contributed by atoms with E-state index < -0.39 is 11.9 Å². The van der Waals surface area contributed by atoms with Gasteiger partial charge < -0.3 is 10.4 Å². The van der Waals surface area contributed by atoms with E-state index in [4.69, 9.17) is 5.11 Å². The normalized spacial score (nSPS) is 12.2. The Morgan fingerprint density at radius 1 is 1.15 bits per heavy atom. The number of carboxylic acid groups (broad SMARTS) is 1. The fourth-order valence-electron chi connectivity index (χ4n) is 2.26. The summed E-state index contributed by atoms with van der Waals surface area (Å²) in [7, 11) is 0. The summed E-state index contributed by atoms with van der Waals surface area (Å²) in [4.78, 5) is 23.2. The molecule has 0 saturated heterocycles. The van der Waals surface area contributed by atoms with Crippen molar-refractivity contribution in [3.63, 3.8) is 0 Å². The molecule has 0 spiro atoms. The van der Waals surface area contributed by atoms with Crippen LogP contribution in [0.15, 0.2) is 18.2 Å². The standard InChI is InChI=1S/C16H23NO3/c1-10(2)5-14(16(19)20)9-17-15(18)13-7-11(3)6-12(4)8-13/h6-8,10,14H,5,9H2,1-4H3,(H,17,18)(H,19,20). The first-order valence-electron chi connectivity index (χ1n) is 6.89. The fraction of sp³-hybridized carbons (Fsp3) is 0.500. The van der Waals surface area contributed by atoms with Crippen LogP contribution in [0.4, 0.5) is 0 Å². The smallest absolute Gasteiger partial charge is 0.308 e. The molecule has 2 N–H and O–H groups in total. The monoisotopic (exact) mass is 277 g/mol. The van der Waals surface area contributed by atoms with E-state index in [0.717, 1.165) is 11.1 Å². The number of nitrogens with one attached hydrogen (secondary N) is 1. The number of rotatable bonds is 6. The second-order valence-electron chi connectivity index (χ2n) is 5.75. The van der Waals surface area contributed by atoms with Crippen molar-refractivity contribution in [1.29, 1.82) is 0 Å². The molecule has 1 aromatic carbocycles. The SMILES string of the molecule is Cc1cc(C)cc(C(=O)NCC(CC(C)C)C(=O)O)c1. The first kappa shape index (κ1) is 16.2. The Bertz CT molecular complexity index is 474. The Kier molecular flexibility index (Phi) is 5.74. The third-order valence-corrected chi connectivity index (χ3v) is 3.10. The summed E-state index contributed by atoms with van der Waals surface area (Å²) in [5, 5.41) is 11.9. The van der Waals surface area contributed by atoms with E-state index in [2.05, 4.69) is 5.32 Å². The molecule has 0 radical (unpaired) electrons. The maximum absolute atomic E-state index is 12.1. The van der Waals surface area contributed by atoms with E-state index in [-0.39, 0.29) is 18.4 Å². The largest absolute Gasteiger partial charge is 0.481 e. The van der Waals surface area contributed by atoms with Crippen LogP contribution in [0.5, 0.6) is 0 Å². The van der Waals surface area contributed by atoms with E-state index in [0.29, 0.717) is 12.0 Å². The lowest BCUT2D eigenvalue weighted by Crippen LogP contribution is -2.33. The van der Waals surface area contributed by atoms with Crippen LogP contribution in [-0.2, 0) is 4.79 Å². The molecule has 4 heteroatoms. The lowest BCUT2D eigenvalue weighted by atomic mass is 9.97. The predicted octanol–water partition coefficient (Wildman–Crippen LogP) is 2.78. The van der Waals surface area contributed by atoms with Crippen molar-refractivity contribution >= 4 is 11.9 Å². The van der Waals surface area contributed by atoms with Gasteiger partial charge in [0.1, 0.15) is 0 Å². The van der Waals surface area contributed by atoms with Gasteiger partial charge in [-0.25, -0.2) is 0 Å². The van der Waals surface area contributed by atoms with Gasteiger partial charge in [0, 0.05) is 12.1 Å². The maximum Gasteiger partial charge on any atom is 0.308 e. The summed E-state index contributed by atoms with van der Waals surface area (Å²) in [6, 6.07) is 5.61. The highest BCUT2D eigenvalue weighted by Gasteiger charge is 2.20. The van der Waals surface area contributed by atoms with Gasteiger partial charge >= 0.3 is 5.97 Å². The van der Waals surface area contributed by atoms with Crippen LogP contribution < -0.4 is 5.32 Å². The number of hydrogen-bond donors (Lipinski definition) is 2. The summed E-state index contributed by atoms with van der Waals surface area (Å²) < 4.78 is 0. The predicted molar refractivity (Wildman–Crippen MR) is 78.8 cm³/mol. The van der Waals surface area contributed by atoms with Crippen molar-refractivity contribution in [2.45, 2.75) is 34.1 Å². The highest BCUT2D eigenvalue weighted by atomic mass is 16.4. The highest BCUT2D eigenvalue weighted by Crippen LogP contribution is 2.12. The van der Waals surface area contributed by atoms with Crippen LogP contribution >= 0.6 is 0 Å².